The van der Waals surface area contributed by atoms with Crippen molar-refractivity contribution in [3.8, 4) is 0 Å². The predicted octanol–water partition coefficient (Wildman–Crippen LogP) is 1.65. The zero-order chi connectivity index (χ0) is 15.5. The molecule has 122 valence electrons. The molecule has 1 aromatic rings. The van der Waals surface area contributed by atoms with Crippen LogP contribution in [0.3, 0.4) is 0 Å². The molecule has 6 nitrogen and oxygen atoms in total. The highest BCUT2D eigenvalue weighted by Crippen LogP contribution is 2.20. The van der Waals surface area contributed by atoms with Crippen molar-refractivity contribution in [2.75, 3.05) is 20.2 Å². The van der Waals surface area contributed by atoms with E-state index in [1.54, 1.807) is 4.90 Å². The van der Waals surface area contributed by atoms with Gasteiger partial charge in [-0.1, -0.05) is 0 Å². The van der Waals surface area contributed by atoms with Crippen molar-refractivity contribution in [3.05, 3.63) is 18.2 Å². The van der Waals surface area contributed by atoms with Crippen LogP contribution < -0.4 is 5.32 Å². The highest BCUT2D eigenvalue weighted by Gasteiger charge is 2.26. The van der Waals surface area contributed by atoms with Gasteiger partial charge in [-0.15, -0.1) is 0 Å². The van der Waals surface area contributed by atoms with Gasteiger partial charge in [-0.05, 0) is 32.1 Å². The molecule has 3 heterocycles. The van der Waals surface area contributed by atoms with Crippen molar-refractivity contribution in [2.45, 2.75) is 51.3 Å². The Labute approximate surface area is 131 Å². The normalized spacial score (nSPS) is 25.5. The molecule has 0 unspecified atom stereocenters. The third kappa shape index (κ3) is 3.43. The van der Waals surface area contributed by atoms with Crippen molar-refractivity contribution in [2.24, 2.45) is 5.92 Å². The Bertz CT molecular complexity index is 510. The maximum absolute atomic E-state index is 12.3. The number of aromatic nitrogens is 2. The molecule has 3 atom stereocenters. The first-order valence-electron chi connectivity index (χ1n) is 8.26. The quantitative estimate of drug-likeness (QED) is 0.920. The number of rotatable bonds is 4. The second kappa shape index (κ2) is 6.69. The standard InChI is InChI=1S/C16H26N4O2/c1-12(14-4-3-9-22-14)18-16(21)19(2)11-13-5-7-20-8-6-17-15(20)10-13/h6,8,12-14H,3-5,7,9-11H2,1-2H3,(H,18,21)/t12-,13-,14-/m0/s1. The molecule has 2 amide bonds. The minimum absolute atomic E-state index is 0.00286. The lowest BCUT2D eigenvalue weighted by Gasteiger charge is -2.29. The highest BCUT2D eigenvalue weighted by atomic mass is 16.5. The van der Waals surface area contributed by atoms with Crippen LogP contribution in [0, 0.1) is 5.92 Å². The average Bonchev–Trinajstić information content (AvgIpc) is 3.18. The molecule has 0 radical (unpaired) electrons. The predicted molar refractivity (Wildman–Crippen MR) is 83.6 cm³/mol. The van der Waals surface area contributed by atoms with Gasteiger partial charge in [-0.2, -0.15) is 0 Å². The molecule has 3 rings (SSSR count). The Balaban J connectivity index is 1.47. The fraction of sp³-hybridized carbons (Fsp3) is 0.750. The smallest absolute Gasteiger partial charge is 0.317 e. The van der Waals surface area contributed by atoms with Crippen molar-refractivity contribution < 1.29 is 9.53 Å². The highest BCUT2D eigenvalue weighted by molar-refractivity contribution is 5.74. The summed E-state index contributed by atoms with van der Waals surface area (Å²) in [6.07, 6.45) is 8.24. The lowest BCUT2D eigenvalue weighted by atomic mass is 9.97. The molecule has 0 saturated carbocycles. The maximum atomic E-state index is 12.3. The average molecular weight is 306 g/mol. The number of carbonyl (C=O) groups is 1. The Kier molecular flexibility index (Phi) is 4.66. The number of hydrogen-bond donors (Lipinski definition) is 1. The van der Waals surface area contributed by atoms with Gasteiger partial charge in [-0.3, -0.25) is 0 Å². The summed E-state index contributed by atoms with van der Waals surface area (Å²) in [6, 6.07) is 0.0691. The second-order valence-electron chi connectivity index (χ2n) is 6.57. The Hall–Kier alpha value is -1.56. The SMILES string of the molecule is C[C@H](NC(=O)N(C)C[C@H]1CCn2ccnc2C1)[C@@H]1CCCO1. The van der Waals surface area contributed by atoms with Gasteiger partial charge in [0.05, 0.1) is 12.1 Å². The molecule has 2 aliphatic rings. The third-order valence-electron chi connectivity index (χ3n) is 4.80. The zero-order valence-corrected chi connectivity index (χ0v) is 13.5. The molecule has 0 aromatic carbocycles. The van der Waals surface area contributed by atoms with E-state index in [2.05, 4.69) is 14.9 Å². The number of amides is 2. The number of ether oxygens (including phenoxy) is 1. The van der Waals surface area contributed by atoms with Crippen LogP contribution in [0.4, 0.5) is 4.79 Å². The molecule has 1 saturated heterocycles. The van der Waals surface area contributed by atoms with Crippen LogP contribution in [0.1, 0.15) is 32.0 Å². The lowest BCUT2D eigenvalue weighted by Crippen LogP contribution is -2.48. The summed E-state index contributed by atoms with van der Waals surface area (Å²) in [4.78, 5) is 18.5. The molecule has 1 fully saturated rings. The summed E-state index contributed by atoms with van der Waals surface area (Å²) in [5.74, 6) is 1.63. The number of nitrogens with one attached hydrogen (secondary N) is 1. The summed E-state index contributed by atoms with van der Waals surface area (Å²) >= 11 is 0. The topological polar surface area (TPSA) is 59.4 Å². The molecule has 0 aliphatic carbocycles. The largest absolute Gasteiger partial charge is 0.376 e. The van der Waals surface area contributed by atoms with Crippen LogP contribution in [-0.2, 0) is 17.7 Å². The number of aryl methyl sites for hydroxylation is 1. The van der Waals surface area contributed by atoms with E-state index in [1.165, 1.54) is 0 Å². The van der Waals surface area contributed by atoms with E-state index in [-0.39, 0.29) is 18.2 Å². The van der Waals surface area contributed by atoms with Gasteiger partial charge in [0.1, 0.15) is 5.82 Å². The Morgan fingerprint density at radius 1 is 1.59 bits per heavy atom. The van der Waals surface area contributed by atoms with Crippen LogP contribution in [-0.4, -0.2) is 52.8 Å². The number of carbonyl (C=O) groups excluding carboxylic acids is 1. The fourth-order valence-corrected chi connectivity index (χ4v) is 3.44. The molecular formula is C16H26N4O2. The first kappa shape index (κ1) is 15.3. The summed E-state index contributed by atoms with van der Waals surface area (Å²) in [5, 5.41) is 3.07. The van der Waals surface area contributed by atoms with Gasteiger partial charge in [0, 0.05) is 45.6 Å². The maximum Gasteiger partial charge on any atom is 0.317 e. The Morgan fingerprint density at radius 2 is 2.45 bits per heavy atom. The first-order chi connectivity index (χ1) is 10.6. The van der Waals surface area contributed by atoms with Crippen molar-refractivity contribution in [1.29, 1.82) is 0 Å². The van der Waals surface area contributed by atoms with E-state index in [0.717, 1.165) is 51.2 Å². The molecule has 2 aliphatic heterocycles. The Morgan fingerprint density at radius 3 is 3.23 bits per heavy atom. The van der Waals surface area contributed by atoms with Crippen molar-refractivity contribution >= 4 is 6.03 Å². The molecular weight excluding hydrogens is 280 g/mol. The van der Waals surface area contributed by atoms with Crippen LogP contribution in [0.2, 0.25) is 0 Å². The minimum atomic E-state index is -0.00286. The zero-order valence-electron chi connectivity index (χ0n) is 13.5. The minimum Gasteiger partial charge on any atom is -0.376 e. The van der Waals surface area contributed by atoms with Gasteiger partial charge in [0.2, 0.25) is 0 Å². The van der Waals surface area contributed by atoms with Crippen molar-refractivity contribution in [1.82, 2.24) is 19.8 Å². The van der Waals surface area contributed by atoms with Crippen LogP contribution in [0.5, 0.6) is 0 Å². The van der Waals surface area contributed by atoms with Crippen LogP contribution in [0.25, 0.3) is 0 Å². The third-order valence-corrected chi connectivity index (χ3v) is 4.80. The molecule has 1 aromatic heterocycles. The van der Waals surface area contributed by atoms with E-state index in [0.29, 0.717) is 5.92 Å². The van der Waals surface area contributed by atoms with Gasteiger partial charge >= 0.3 is 6.03 Å². The molecule has 22 heavy (non-hydrogen) atoms. The fourth-order valence-electron chi connectivity index (χ4n) is 3.44. The molecule has 0 bridgehead atoms. The van der Waals surface area contributed by atoms with Crippen LogP contribution >= 0.6 is 0 Å². The molecule has 1 N–H and O–H groups in total. The lowest BCUT2D eigenvalue weighted by molar-refractivity contribution is 0.0834. The monoisotopic (exact) mass is 306 g/mol. The van der Waals surface area contributed by atoms with Crippen LogP contribution in [0.15, 0.2) is 12.4 Å². The molecule has 6 heteroatoms. The van der Waals surface area contributed by atoms with E-state index in [9.17, 15) is 4.79 Å². The number of hydrogen-bond acceptors (Lipinski definition) is 3. The van der Waals surface area contributed by atoms with E-state index in [4.69, 9.17) is 4.74 Å². The number of nitrogens with zero attached hydrogens (tertiary/aromatic N) is 3. The number of fused-ring (bicyclic) bond motifs is 1. The van der Waals surface area contributed by atoms with E-state index in [1.807, 2.05) is 26.4 Å². The van der Waals surface area contributed by atoms with Gasteiger partial charge < -0.3 is 19.5 Å². The summed E-state index contributed by atoms with van der Waals surface area (Å²) in [7, 11) is 1.87. The van der Waals surface area contributed by atoms with Gasteiger partial charge in [0.15, 0.2) is 0 Å². The number of urea groups is 1. The van der Waals surface area contributed by atoms with E-state index < -0.39 is 0 Å². The van der Waals surface area contributed by atoms with Crippen molar-refractivity contribution in [3.63, 3.8) is 0 Å². The second-order valence-corrected chi connectivity index (χ2v) is 6.57. The summed E-state index contributed by atoms with van der Waals surface area (Å²) in [6.45, 7) is 4.62. The first-order valence-corrected chi connectivity index (χ1v) is 8.26. The summed E-state index contributed by atoms with van der Waals surface area (Å²) < 4.78 is 7.84. The molecule has 0 spiro atoms. The van der Waals surface area contributed by atoms with Gasteiger partial charge in [-0.25, -0.2) is 9.78 Å². The van der Waals surface area contributed by atoms with Gasteiger partial charge in [0.25, 0.3) is 0 Å². The summed E-state index contributed by atoms with van der Waals surface area (Å²) in [5.41, 5.74) is 0. The van der Waals surface area contributed by atoms with E-state index >= 15 is 0 Å². The number of imidazole rings is 1.